The lowest BCUT2D eigenvalue weighted by Crippen LogP contribution is -2.41. The van der Waals surface area contributed by atoms with Gasteiger partial charge in [0.05, 0.1) is 6.54 Å². The third-order valence-corrected chi connectivity index (χ3v) is 5.83. The molecular formula is C17H18Cl2N2OS. The Hall–Kier alpha value is -1.07. The predicted octanol–water partition coefficient (Wildman–Crippen LogP) is 4.29. The second-order valence-corrected chi connectivity index (χ2v) is 7.55. The summed E-state index contributed by atoms with van der Waals surface area (Å²) < 4.78 is 0. The second kappa shape index (κ2) is 7.22. The fourth-order valence-electron chi connectivity index (χ4n) is 2.88. The van der Waals surface area contributed by atoms with Crippen molar-refractivity contribution in [2.75, 3.05) is 13.1 Å². The summed E-state index contributed by atoms with van der Waals surface area (Å²) >= 11 is 13.8. The van der Waals surface area contributed by atoms with E-state index in [-0.39, 0.29) is 11.9 Å². The van der Waals surface area contributed by atoms with E-state index in [1.807, 2.05) is 17.4 Å². The summed E-state index contributed by atoms with van der Waals surface area (Å²) in [6, 6.07) is 7.76. The smallest absolute Gasteiger partial charge is 0.234 e. The molecule has 1 amide bonds. The van der Waals surface area contributed by atoms with Crippen LogP contribution < -0.4 is 5.32 Å². The van der Waals surface area contributed by atoms with Crippen molar-refractivity contribution in [3.8, 4) is 0 Å². The number of hydrogen-bond acceptors (Lipinski definition) is 3. The quantitative estimate of drug-likeness (QED) is 0.872. The summed E-state index contributed by atoms with van der Waals surface area (Å²) in [7, 11) is 0. The molecule has 1 N–H and O–H groups in total. The van der Waals surface area contributed by atoms with Crippen LogP contribution in [0.15, 0.2) is 29.6 Å². The molecule has 0 saturated heterocycles. The van der Waals surface area contributed by atoms with Gasteiger partial charge in [0.15, 0.2) is 0 Å². The molecule has 0 aliphatic carbocycles. The summed E-state index contributed by atoms with van der Waals surface area (Å²) in [6.07, 6.45) is 1.02. The molecule has 2 aromatic rings. The summed E-state index contributed by atoms with van der Waals surface area (Å²) in [5, 5.41) is 6.24. The van der Waals surface area contributed by atoms with Crippen LogP contribution in [0.25, 0.3) is 0 Å². The highest BCUT2D eigenvalue weighted by Crippen LogP contribution is 2.32. The largest absolute Gasteiger partial charge is 0.351 e. The first-order chi connectivity index (χ1) is 11.0. The molecule has 3 rings (SSSR count). The molecule has 6 heteroatoms. The zero-order valence-electron chi connectivity index (χ0n) is 12.8. The first kappa shape index (κ1) is 16.8. The van der Waals surface area contributed by atoms with E-state index in [1.54, 1.807) is 12.1 Å². The van der Waals surface area contributed by atoms with Gasteiger partial charge in [-0.3, -0.25) is 9.69 Å². The Morgan fingerprint density at radius 1 is 1.39 bits per heavy atom. The Morgan fingerprint density at radius 3 is 3.00 bits per heavy atom. The zero-order chi connectivity index (χ0) is 16.4. The Balaban J connectivity index is 1.56. The van der Waals surface area contributed by atoms with Gasteiger partial charge in [-0.05, 0) is 48.1 Å². The van der Waals surface area contributed by atoms with Gasteiger partial charge in [-0.2, -0.15) is 0 Å². The number of amides is 1. The molecule has 0 radical (unpaired) electrons. The van der Waals surface area contributed by atoms with E-state index < -0.39 is 0 Å². The van der Waals surface area contributed by atoms with Crippen molar-refractivity contribution in [3.05, 3.63) is 55.7 Å². The Bertz CT molecular complexity index is 716. The van der Waals surface area contributed by atoms with Crippen LogP contribution in [-0.2, 0) is 17.8 Å². The third kappa shape index (κ3) is 3.89. The molecule has 0 spiro atoms. The summed E-state index contributed by atoms with van der Waals surface area (Å²) in [6.45, 7) is 3.90. The number of fused-ring (bicyclic) bond motifs is 1. The number of hydrogen-bond donors (Lipinski definition) is 1. The normalized spacial score (nSPS) is 17.8. The lowest BCUT2D eigenvalue weighted by Gasteiger charge is -2.32. The SMILES string of the molecule is C[C@H]1c2ccsc2CCN1CC(=O)NCc1ccc(Cl)cc1Cl. The molecule has 0 bridgehead atoms. The van der Waals surface area contributed by atoms with Crippen molar-refractivity contribution in [1.82, 2.24) is 10.2 Å². The van der Waals surface area contributed by atoms with Gasteiger partial charge in [-0.15, -0.1) is 11.3 Å². The number of nitrogens with zero attached hydrogens (tertiary/aromatic N) is 1. The molecular weight excluding hydrogens is 351 g/mol. The van der Waals surface area contributed by atoms with Gasteiger partial charge < -0.3 is 5.32 Å². The first-order valence-corrected chi connectivity index (χ1v) is 9.19. The third-order valence-electron chi connectivity index (χ3n) is 4.24. The number of carbonyl (C=O) groups is 1. The standard InChI is InChI=1S/C17H18Cl2N2OS/c1-11-14-5-7-23-16(14)4-6-21(11)10-17(22)20-9-12-2-3-13(18)8-15(12)19/h2-3,5,7-8,11H,4,6,9-10H2,1H3,(H,20,22)/t11-/m0/s1. The second-order valence-electron chi connectivity index (χ2n) is 5.71. The lowest BCUT2D eigenvalue weighted by molar-refractivity contribution is -0.123. The topological polar surface area (TPSA) is 32.3 Å². The maximum Gasteiger partial charge on any atom is 0.234 e. The van der Waals surface area contributed by atoms with E-state index in [2.05, 4.69) is 28.6 Å². The van der Waals surface area contributed by atoms with E-state index >= 15 is 0 Å². The van der Waals surface area contributed by atoms with Crippen LogP contribution in [0.5, 0.6) is 0 Å². The Labute approximate surface area is 150 Å². The molecule has 0 fully saturated rings. The van der Waals surface area contributed by atoms with Gasteiger partial charge in [0.25, 0.3) is 0 Å². The van der Waals surface area contributed by atoms with Gasteiger partial charge in [0, 0.05) is 34.1 Å². The monoisotopic (exact) mass is 368 g/mol. The molecule has 1 aliphatic heterocycles. The highest BCUT2D eigenvalue weighted by molar-refractivity contribution is 7.10. The van der Waals surface area contributed by atoms with Crippen LogP contribution in [0.1, 0.15) is 29.0 Å². The number of nitrogens with one attached hydrogen (secondary N) is 1. The minimum atomic E-state index is 0.0153. The molecule has 0 unspecified atom stereocenters. The minimum absolute atomic E-state index is 0.0153. The van der Waals surface area contributed by atoms with E-state index in [0.717, 1.165) is 18.5 Å². The van der Waals surface area contributed by atoms with Gasteiger partial charge in [-0.1, -0.05) is 29.3 Å². The van der Waals surface area contributed by atoms with Crippen molar-refractivity contribution >= 4 is 40.4 Å². The molecule has 122 valence electrons. The fraction of sp³-hybridized carbons (Fsp3) is 0.353. The van der Waals surface area contributed by atoms with Crippen molar-refractivity contribution in [2.24, 2.45) is 0 Å². The maximum atomic E-state index is 12.2. The van der Waals surface area contributed by atoms with Gasteiger partial charge in [0.1, 0.15) is 0 Å². The Kier molecular flexibility index (Phi) is 5.27. The number of rotatable bonds is 4. The van der Waals surface area contributed by atoms with Crippen LogP contribution in [0.2, 0.25) is 10.0 Å². The van der Waals surface area contributed by atoms with Gasteiger partial charge in [0.2, 0.25) is 5.91 Å². The van der Waals surface area contributed by atoms with Crippen LogP contribution in [0.3, 0.4) is 0 Å². The molecule has 0 saturated carbocycles. The molecule has 2 heterocycles. The van der Waals surface area contributed by atoms with Crippen molar-refractivity contribution in [3.63, 3.8) is 0 Å². The van der Waals surface area contributed by atoms with Gasteiger partial charge >= 0.3 is 0 Å². The van der Waals surface area contributed by atoms with Crippen molar-refractivity contribution in [1.29, 1.82) is 0 Å². The number of carbonyl (C=O) groups excluding carboxylic acids is 1. The minimum Gasteiger partial charge on any atom is -0.351 e. The molecule has 3 nitrogen and oxygen atoms in total. The van der Waals surface area contributed by atoms with Crippen molar-refractivity contribution < 1.29 is 4.79 Å². The Morgan fingerprint density at radius 2 is 2.22 bits per heavy atom. The molecule has 1 atom stereocenters. The maximum absolute atomic E-state index is 12.2. The highest BCUT2D eigenvalue weighted by atomic mass is 35.5. The first-order valence-electron chi connectivity index (χ1n) is 7.55. The molecule has 23 heavy (non-hydrogen) atoms. The molecule has 1 aromatic heterocycles. The highest BCUT2D eigenvalue weighted by Gasteiger charge is 2.25. The number of halogens is 2. The van der Waals surface area contributed by atoms with E-state index in [9.17, 15) is 4.79 Å². The predicted molar refractivity (Wildman–Crippen MR) is 96.3 cm³/mol. The number of benzene rings is 1. The average molecular weight is 369 g/mol. The lowest BCUT2D eigenvalue weighted by atomic mass is 10.0. The summed E-state index contributed by atoms with van der Waals surface area (Å²) in [5.74, 6) is 0.0153. The van der Waals surface area contributed by atoms with Crippen molar-refractivity contribution in [2.45, 2.75) is 25.9 Å². The van der Waals surface area contributed by atoms with Crippen LogP contribution in [0.4, 0.5) is 0 Å². The summed E-state index contributed by atoms with van der Waals surface area (Å²) in [4.78, 5) is 15.9. The van der Waals surface area contributed by atoms with E-state index in [0.29, 0.717) is 23.1 Å². The van der Waals surface area contributed by atoms with Crippen LogP contribution in [0, 0.1) is 0 Å². The zero-order valence-corrected chi connectivity index (χ0v) is 15.1. The van der Waals surface area contributed by atoms with E-state index in [4.69, 9.17) is 23.2 Å². The van der Waals surface area contributed by atoms with Gasteiger partial charge in [-0.25, -0.2) is 0 Å². The number of thiophene rings is 1. The van der Waals surface area contributed by atoms with Crippen LogP contribution >= 0.6 is 34.5 Å². The average Bonchev–Trinajstić information content (AvgIpc) is 2.98. The summed E-state index contributed by atoms with van der Waals surface area (Å²) in [5.41, 5.74) is 2.23. The molecule has 1 aliphatic rings. The molecule has 1 aromatic carbocycles. The van der Waals surface area contributed by atoms with E-state index in [1.165, 1.54) is 10.4 Å². The fourth-order valence-corrected chi connectivity index (χ4v) is 4.31. The van der Waals surface area contributed by atoms with Crippen LogP contribution in [-0.4, -0.2) is 23.9 Å².